The average Bonchev–Trinajstić information content (AvgIpc) is 2.74. The molecule has 0 aliphatic rings. The van der Waals surface area contributed by atoms with Crippen LogP contribution in [0.25, 0.3) is 0 Å². The molecule has 1 N–H and O–H groups in total. The highest BCUT2D eigenvalue weighted by Crippen LogP contribution is 2.11. The zero-order valence-corrected chi connectivity index (χ0v) is 10.5. The lowest BCUT2D eigenvalue weighted by atomic mass is 10.2. The molecule has 0 aliphatic heterocycles. The van der Waals surface area contributed by atoms with Crippen LogP contribution in [-0.4, -0.2) is 21.5 Å². The van der Waals surface area contributed by atoms with Gasteiger partial charge in [0.15, 0.2) is 0 Å². The SMILES string of the molecule is CCNCc1cn(Cc2cccc(Cl)c2)nn1. The van der Waals surface area contributed by atoms with E-state index in [0.717, 1.165) is 29.4 Å². The summed E-state index contributed by atoms with van der Waals surface area (Å²) in [6.45, 7) is 4.45. The van der Waals surface area contributed by atoms with Gasteiger partial charge in [0, 0.05) is 11.6 Å². The van der Waals surface area contributed by atoms with Crippen molar-refractivity contribution < 1.29 is 0 Å². The van der Waals surface area contributed by atoms with Crippen LogP contribution in [0.15, 0.2) is 30.5 Å². The molecule has 2 aromatic rings. The van der Waals surface area contributed by atoms with E-state index in [1.807, 2.05) is 35.1 Å². The van der Waals surface area contributed by atoms with Crippen molar-refractivity contribution in [2.75, 3.05) is 6.54 Å². The van der Waals surface area contributed by atoms with Crippen LogP contribution < -0.4 is 5.32 Å². The molecule has 90 valence electrons. The van der Waals surface area contributed by atoms with Crippen LogP contribution in [0.2, 0.25) is 5.02 Å². The van der Waals surface area contributed by atoms with Crippen LogP contribution in [-0.2, 0) is 13.1 Å². The Bertz CT molecular complexity index is 481. The number of rotatable bonds is 5. The minimum Gasteiger partial charge on any atom is -0.311 e. The molecule has 0 spiro atoms. The highest BCUT2D eigenvalue weighted by Gasteiger charge is 2.01. The Balaban J connectivity index is 2.01. The third kappa shape index (κ3) is 3.54. The lowest BCUT2D eigenvalue weighted by Gasteiger charge is -2.01. The zero-order valence-electron chi connectivity index (χ0n) is 9.73. The van der Waals surface area contributed by atoms with Gasteiger partial charge in [-0.3, -0.25) is 0 Å². The van der Waals surface area contributed by atoms with Crippen molar-refractivity contribution in [3.8, 4) is 0 Å². The predicted molar refractivity (Wildman–Crippen MR) is 68.0 cm³/mol. The standard InChI is InChI=1S/C12H15ClN4/c1-2-14-7-12-9-17(16-15-12)8-10-4-3-5-11(13)6-10/h3-6,9,14H,2,7-8H2,1H3. The Morgan fingerprint density at radius 1 is 1.41 bits per heavy atom. The minimum atomic E-state index is 0.694. The first-order chi connectivity index (χ1) is 8.28. The van der Waals surface area contributed by atoms with E-state index in [1.54, 1.807) is 0 Å². The number of aromatic nitrogens is 3. The number of hydrogen-bond acceptors (Lipinski definition) is 3. The van der Waals surface area contributed by atoms with Crippen molar-refractivity contribution in [1.29, 1.82) is 0 Å². The van der Waals surface area contributed by atoms with Gasteiger partial charge in [0.1, 0.15) is 0 Å². The zero-order chi connectivity index (χ0) is 12.1. The first kappa shape index (κ1) is 12.1. The summed E-state index contributed by atoms with van der Waals surface area (Å²) >= 11 is 5.93. The maximum atomic E-state index is 5.93. The van der Waals surface area contributed by atoms with E-state index < -0.39 is 0 Å². The molecule has 1 aromatic carbocycles. The van der Waals surface area contributed by atoms with Gasteiger partial charge in [-0.15, -0.1) is 5.10 Å². The van der Waals surface area contributed by atoms with Gasteiger partial charge in [-0.05, 0) is 24.2 Å². The molecule has 0 atom stereocenters. The third-order valence-electron chi connectivity index (χ3n) is 2.38. The Labute approximate surface area is 106 Å². The second-order valence-corrected chi connectivity index (χ2v) is 4.25. The minimum absolute atomic E-state index is 0.694. The number of benzene rings is 1. The highest BCUT2D eigenvalue weighted by molar-refractivity contribution is 6.30. The molecular weight excluding hydrogens is 236 g/mol. The average molecular weight is 251 g/mol. The van der Waals surface area contributed by atoms with Crippen molar-refractivity contribution in [3.63, 3.8) is 0 Å². The summed E-state index contributed by atoms with van der Waals surface area (Å²) in [6, 6.07) is 7.77. The van der Waals surface area contributed by atoms with E-state index in [1.165, 1.54) is 0 Å². The summed E-state index contributed by atoms with van der Waals surface area (Å²) < 4.78 is 1.82. The summed E-state index contributed by atoms with van der Waals surface area (Å²) in [4.78, 5) is 0. The highest BCUT2D eigenvalue weighted by atomic mass is 35.5. The van der Waals surface area contributed by atoms with Crippen LogP contribution >= 0.6 is 11.6 Å². The van der Waals surface area contributed by atoms with Crippen LogP contribution in [0.4, 0.5) is 0 Å². The number of nitrogens with zero attached hydrogens (tertiary/aromatic N) is 3. The van der Waals surface area contributed by atoms with Gasteiger partial charge in [-0.1, -0.05) is 35.9 Å². The fraction of sp³-hybridized carbons (Fsp3) is 0.333. The van der Waals surface area contributed by atoms with Crippen LogP contribution in [0.3, 0.4) is 0 Å². The summed E-state index contributed by atoms with van der Waals surface area (Å²) in [5, 5.41) is 12.1. The van der Waals surface area contributed by atoms with Crippen LogP contribution in [0.5, 0.6) is 0 Å². The molecule has 0 unspecified atom stereocenters. The molecule has 2 rings (SSSR count). The Hall–Kier alpha value is -1.39. The molecule has 0 saturated carbocycles. The van der Waals surface area contributed by atoms with Gasteiger partial charge in [0.25, 0.3) is 0 Å². The molecule has 0 aliphatic carbocycles. The van der Waals surface area contributed by atoms with Crippen molar-refractivity contribution >= 4 is 11.6 Å². The molecule has 4 nitrogen and oxygen atoms in total. The first-order valence-electron chi connectivity index (χ1n) is 5.62. The summed E-state index contributed by atoms with van der Waals surface area (Å²) in [6.07, 6.45) is 1.95. The molecule has 5 heteroatoms. The van der Waals surface area contributed by atoms with E-state index in [2.05, 4.69) is 22.6 Å². The van der Waals surface area contributed by atoms with Gasteiger partial charge in [-0.25, -0.2) is 4.68 Å². The maximum absolute atomic E-state index is 5.93. The predicted octanol–water partition coefficient (Wildman–Crippen LogP) is 2.09. The van der Waals surface area contributed by atoms with Crippen molar-refractivity contribution in [2.45, 2.75) is 20.0 Å². The smallest absolute Gasteiger partial charge is 0.0964 e. The molecule has 0 bridgehead atoms. The second-order valence-electron chi connectivity index (χ2n) is 3.82. The number of halogens is 1. The third-order valence-corrected chi connectivity index (χ3v) is 2.61. The largest absolute Gasteiger partial charge is 0.311 e. The van der Waals surface area contributed by atoms with Gasteiger partial charge in [0.2, 0.25) is 0 Å². The summed E-state index contributed by atoms with van der Waals surface area (Å²) in [7, 11) is 0. The normalized spacial score (nSPS) is 10.7. The van der Waals surface area contributed by atoms with Gasteiger partial charge in [0.05, 0.1) is 18.4 Å². The van der Waals surface area contributed by atoms with Gasteiger partial charge < -0.3 is 5.32 Å². The van der Waals surface area contributed by atoms with Crippen molar-refractivity contribution in [1.82, 2.24) is 20.3 Å². The van der Waals surface area contributed by atoms with E-state index in [4.69, 9.17) is 11.6 Å². The fourth-order valence-corrected chi connectivity index (χ4v) is 1.79. The van der Waals surface area contributed by atoms with E-state index in [9.17, 15) is 0 Å². The quantitative estimate of drug-likeness (QED) is 0.884. The van der Waals surface area contributed by atoms with Crippen molar-refractivity contribution in [2.24, 2.45) is 0 Å². The molecule has 1 heterocycles. The molecule has 0 amide bonds. The van der Waals surface area contributed by atoms with Gasteiger partial charge >= 0.3 is 0 Å². The molecule has 0 saturated heterocycles. The van der Waals surface area contributed by atoms with Crippen LogP contribution in [0, 0.1) is 0 Å². The van der Waals surface area contributed by atoms with E-state index >= 15 is 0 Å². The molecule has 0 fully saturated rings. The fourth-order valence-electron chi connectivity index (χ4n) is 1.57. The van der Waals surface area contributed by atoms with Crippen molar-refractivity contribution in [3.05, 3.63) is 46.7 Å². The Kier molecular flexibility index (Phi) is 4.12. The Morgan fingerprint density at radius 3 is 3.06 bits per heavy atom. The Morgan fingerprint density at radius 2 is 2.29 bits per heavy atom. The first-order valence-corrected chi connectivity index (χ1v) is 6.00. The maximum Gasteiger partial charge on any atom is 0.0964 e. The molecule has 17 heavy (non-hydrogen) atoms. The second kappa shape index (κ2) is 5.80. The number of hydrogen-bond donors (Lipinski definition) is 1. The molecule has 0 radical (unpaired) electrons. The van der Waals surface area contributed by atoms with E-state index in [-0.39, 0.29) is 0 Å². The monoisotopic (exact) mass is 250 g/mol. The van der Waals surface area contributed by atoms with Gasteiger partial charge in [-0.2, -0.15) is 0 Å². The van der Waals surface area contributed by atoms with E-state index in [0.29, 0.717) is 6.54 Å². The lowest BCUT2D eigenvalue weighted by molar-refractivity contribution is 0.648. The summed E-state index contributed by atoms with van der Waals surface area (Å²) in [5.41, 5.74) is 2.08. The van der Waals surface area contributed by atoms with Crippen LogP contribution in [0.1, 0.15) is 18.2 Å². The topological polar surface area (TPSA) is 42.7 Å². The lowest BCUT2D eigenvalue weighted by Crippen LogP contribution is -2.11. The molecular formula is C12H15ClN4. The summed E-state index contributed by atoms with van der Waals surface area (Å²) in [5.74, 6) is 0. The molecule has 1 aromatic heterocycles. The number of nitrogens with one attached hydrogen (secondary N) is 1.